The van der Waals surface area contributed by atoms with E-state index in [1.165, 1.54) is 11.1 Å². The number of halogens is 1. The fraction of sp³-hybridized carbons (Fsp3) is 0.100. The second-order valence-electron chi connectivity index (χ2n) is 2.39. The zero-order valence-electron chi connectivity index (χ0n) is 6.94. The zero-order valence-corrected chi connectivity index (χ0v) is 8.53. The van der Waals surface area contributed by atoms with E-state index < -0.39 is 0 Å². The van der Waals surface area contributed by atoms with E-state index in [0.29, 0.717) is 6.61 Å². The molecular weight excluding hydrogens is 232 g/mol. The lowest BCUT2D eigenvalue weighted by molar-refractivity contribution is -0.138. The van der Waals surface area contributed by atoms with Crippen LogP contribution in [0.25, 0.3) is 0 Å². The molecule has 0 heterocycles. The van der Waals surface area contributed by atoms with Gasteiger partial charge in [-0.05, 0) is 10.5 Å². The van der Waals surface area contributed by atoms with E-state index in [2.05, 4.69) is 15.9 Å². The minimum atomic E-state index is -0.347. The maximum atomic E-state index is 10.9. The molecule has 0 bridgehead atoms. The predicted molar refractivity (Wildman–Crippen MR) is 54.3 cm³/mol. The van der Waals surface area contributed by atoms with Crippen LogP contribution in [0, 0.1) is 0 Å². The van der Waals surface area contributed by atoms with Crippen LogP contribution in [0.2, 0.25) is 0 Å². The molecule has 2 nitrogen and oxygen atoms in total. The molecule has 0 aliphatic carbocycles. The Morgan fingerprint density at radius 3 is 2.69 bits per heavy atom. The van der Waals surface area contributed by atoms with Gasteiger partial charge in [-0.1, -0.05) is 46.3 Å². The van der Waals surface area contributed by atoms with Crippen LogP contribution < -0.4 is 0 Å². The van der Waals surface area contributed by atoms with Crippen LogP contribution in [-0.2, 0) is 16.1 Å². The van der Waals surface area contributed by atoms with Gasteiger partial charge in [0.15, 0.2) is 0 Å². The first-order chi connectivity index (χ1) is 6.33. The molecule has 0 unspecified atom stereocenters. The molecule has 13 heavy (non-hydrogen) atoms. The van der Waals surface area contributed by atoms with Gasteiger partial charge in [-0.3, -0.25) is 0 Å². The number of carbonyl (C=O) groups excluding carboxylic acids is 1. The normalized spacial score (nSPS) is 10.2. The van der Waals surface area contributed by atoms with Crippen LogP contribution >= 0.6 is 15.9 Å². The standard InChI is InChI=1S/C10H9BrO2/c11-7-6-10(12)13-8-9-4-2-1-3-5-9/h1-7H,8H2/b7-6-. The van der Waals surface area contributed by atoms with Gasteiger partial charge in [-0.25, -0.2) is 4.79 Å². The van der Waals surface area contributed by atoms with E-state index in [-0.39, 0.29) is 5.97 Å². The van der Waals surface area contributed by atoms with E-state index in [0.717, 1.165) is 5.56 Å². The van der Waals surface area contributed by atoms with Crippen molar-refractivity contribution in [3.8, 4) is 0 Å². The van der Waals surface area contributed by atoms with Gasteiger partial charge < -0.3 is 4.74 Å². The highest BCUT2D eigenvalue weighted by molar-refractivity contribution is 9.11. The second kappa shape index (κ2) is 5.54. The van der Waals surface area contributed by atoms with Crippen molar-refractivity contribution in [2.75, 3.05) is 0 Å². The van der Waals surface area contributed by atoms with Crippen LogP contribution in [0.3, 0.4) is 0 Å². The third kappa shape index (κ3) is 3.90. The highest BCUT2D eigenvalue weighted by atomic mass is 79.9. The Morgan fingerprint density at radius 2 is 2.08 bits per heavy atom. The van der Waals surface area contributed by atoms with Gasteiger partial charge in [0.05, 0.1) is 0 Å². The Hall–Kier alpha value is -1.09. The second-order valence-corrected chi connectivity index (χ2v) is 2.91. The number of rotatable bonds is 3. The molecule has 0 N–H and O–H groups in total. The van der Waals surface area contributed by atoms with Crippen molar-refractivity contribution in [1.82, 2.24) is 0 Å². The van der Waals surface area contributed by atoms with E-state index in [9.17, 15) is 4.79 Å². The molecule has 0 atom stereocenters. The van der Waals surface area contributed by atoms with E-state index in [1.807, 2.05) is 30.3 Å². The Labute approximate surface area is 85.3 Å². The number of hydrogen-bond acceptors (Lipinski definition) is 2. The van der Waals surface area contributed by atoms with E-state index in [1.54, 1.807) is 0 Å². The van der Waals surface area contributed by atoms with Crippen molar-refractivity contribution in [3.63, 3.8) is 0 Å². The summed E-state index contributed by atoms with van der Waals surface area (Å²) in [6.45, 7) is 0.316. The number of esters is 1. The molecule has 0 aliphatic rings. The van der Waals surface area contributed by atoms with Crippen LogP contribution in [-0.4, -0.2) is 5.97 Å². The average molecular weight is 241 g/mol. The molecule has 1 aromatic rings. The Bertz CT molecular complexity index is 293. The van der Waals surface area contributed by atoms with Gasteiger partial charge in [0.2, 0.25) is 0 Å². The Morgan fingerprint density at radius 1 is 1.38 bits per heavy atom. The molecular formula is C10H9BrO2. The first-order valence-corrected chi connectivity index (χ1v) is 4.72. The maximum absolute atomic E-state index is 10.9. The third-order valence-electron chi connectivity index (χ3n) is 1.42. The number of benzene rings is 1. The molecule has 0 aromatic heterocycles. The lowest BCUT2D eigenvalue weighted by atomic mass is 10.2. The van der Waals surface area contributed by atoms with Crippen molar-refractivity contribution in [1.29, 1.82) is 0 Å². The summed E-state index contributed by atoms with van der Waals surface area (Å²) < 4.78 is 4.91. The number of carbonyl (C=O) groups is 1. The molecule has 0 saturated carbocycles. The van der Waals surface area contributed by atoms with Crippen molar-refractivity contribution in [3.05, 3.63) is 47.0 Å². The first kappa shape index (κ1) is 9.99. The highest BCUT2D eigenvalue weighted by Crippen LogP contribution is 2.00. The van der Waals surface area contributed by atoms with Crippen LogP contribution in [0.15, 0.2) is 41.4 Å². The molecule has 1 aromatic carbocycles. The molecule has 1 rings (SSSR count). The summed E-state index contributed by atoms with van der Waals surface area (Å²) >= 11 is 2.99. The summed E-state index contributed by atoms with van der Waals surface area (Å²) in [6, 6.07) is 9.55. The van der Waals surface area contributed by atoms with E-state index in [4.69, 9.17) is 4.74 Å². The lowest BCUT2D eigenvalue weighted by Crippen LogP contribution is -1.99. The lowest BCUT2D eigenvalue weighted by Gasteiger charge is -2.00. The molecule has 0 amide bonds. The van der Waals surface area contributed by atoms with Crippen molar-refractivity contribution >= 4 is 21.9 Å². The molecule has 3 heteroatoms. The van der Waals surface area contributed by atoms with Gasteiger partial charge in [-0.2, -0.15) is 0 Å². The van der Waals surface area contributed by atoms with Crippen molar-refractivity contribution in [2.45, 2.75) is 6.61 Å². The largest absolute Gasteiger partial charge is 0.458 e. The fourth-order valence-electron chi connectivity index (χ4n) is 0.828. The van der Waals surface area contributed by atoms with Crippen molar-refractivity contribution < 1.29 is 9.53 Å². The summed E-state index contributed by atoms with van der Waals surface area (Å²) in [7, 11) is 0. The summed E-state index contributed by atoms with van der Waals surface area (Å²) in [4.78, 5) is 12.3. The Kier molecular flexibility index (Phi) is 4.26. The minimum Gasteiger partial charge on any atom is -0.458 e. The average Bonchev–Trinajstić information content (AvgIpc) is 2.17. The Balaban J connectivity index is 2.40. The fourth-order valence-corrected chi connectivity index (χ4v) is 1.04. The van der Waals surface area contributed by atoms with Gasteiger partial charge >= 0.3 is 5.97 Å². The molecule has 0 saturated heterocycles. The highest BCUT2D eigenvalue weighted by Gasteiger charge is 1.96. The summed E-state index contributed by atoms with van der Waals surface area (Å²) in [6.07, 6.45) is 1.32. The van der Waals surface area contributed by atoms with Crippen molar-refractivity contribution in [2.24, 2.45) is 0 Å². The quantitative estimate of drug-likeness (QED) is 0.600. The summed E-state index contributed by atoms with van der Waals surface area (Å²) in [5.41, 5.74) is 0.985. The monoisotopic (exact) mass is 240 g/mol. The zero-order chi connectivity index (χ0) is 9.52. The molecule has 0 fully saturated rings. The van der Waals surface area contributed by atoms with Crippen LogP contribution in [0.4, 0.5) is 0 Å². The summed E-state index contributed by atoms with van der Waals surface area (Å²) in [5.74, 6) is -0.347. The molecule has 0 radical (unpaired) electrons. The molecule has 0 spiro atoms. The van der Waals surface area contributed by atoms with Gasteiger partial charge in [0.1, 0.15) is 6.61 Å². The third-order valence-corrected chi connectivity index (χ3v) is 1.69. The number of ether oxygens (including phenoxy) is 1. The molecule has 0 aliphatic heterocycles. The smallest absolute Gasteiger partial charge is 0.331 e. The van der Waals surface area contributed by atoms with Gasteiger partial charge in [0.25, 0.3) is 0 Å². The SMILES string of the molecule is O=C(/C=C\Br)OCc1ccccc1. The van der Waals surface area contributed by atoms with Gasteiger partial charge in [0, 0.05) is 6.08 Å². The maximum Gasteiger partial charge on any atom is 0.331 e. The van der Waals surface area contributed by atoms with Crippen LogP contribution in [0.1, 0.15) is 5.56 Å². The topological polar surface area (TPSA) is 26.3 Å². The molecule has 68 valence electrons. The summed E-state index contributed by atoms with van der Waals surface area (Å²) in [5, 5.41) is 0. The van der Waals surface area contributed by atoms with Gasteiger partial charge in [-0.15, -0.1) is 0 Å². The van der Waals surface area contributed by atoms with Crippen LogP contribution in [0.5, 0.6) is 0 Å². The first-order valence-electron chi connectivity index (χ1n) is 3.80. The predicted octanol–water partition coefficient (Wildman–Crippen LogP) is 2.64. The number of hydrogen-bond donors (Lipinski definition) is 0. The van der Waals surface area contributed by atoms with E-state index >= 15 is 0 Å². The minimum absolute atomic E-state index is 0.316.